The van der Waals surface area contributed by atoms with E-state index < -0.39 is 5.91 Å². The number of nitrogens with one attached hydrogen (secondary N) is 3. The van der Waals surface area contributed by atoms with Gasteiger partial charge in [0.15, 0.2) is 5.43 Å². The molecule has 0 aliphatic rings. The molecule has 0 bridgehead atoms. The first-order chi connectivity index (χ1) is 11.6. The topological polar surface area (TPSA) is 74.0 Å². The third kappa shape index (κ3) is 3.52. The molecule has 0 unspecified atom stereocenters. The van der Waals surface area contributed by atoms with Crippen molar-refractivity contribution >= 4 is 23.0 Å². The number of amides is 1. The van der Waals surface area contributed by atoms with Crippen molar-refractivity contribution in [2.75, 3.05) is 10.6 Å². The molecule has 5 heteroatoms. The molecule has 2 aromatic carbocycles. The van der Waals surface area contributed by atoms with Crippen molar-refractivity contribution in [1.29, 1.82) is 0 Å². The van der Waals surface area contributed by atoms with Gasteiger partial charge in [0, 0.05) is 23.6 Å². The molecule has 0 aliphatic carbocycles. The molecule has 0 saturated heterocycles. The van der Waals surface area contributed by atoms with Gasteiger partial charge in [-0.3, -0.25) is 9.59 Å². The van der Waals surface area contributed by atoms with Gasteiger partial charge in [-0.25, -0.2) is 0 Å². The van der Waals surface area contributed by atoms with Crippen LogP contribution in [0.15, 0.2) is 71.7 Å². The lowest BCUT2D eigenvalue weighted by molar-refractivity contribution is 0.102. The number of aryl methyl sites for hydroxylation is 1. The molecule has 0 saturated carbocycles. The lowest BCUT2D eigenvalue weighted by Crippen LogP contribution is -2.22. The van der Waals surface area contributed by atoms with Crippen LogP contribution in [-0.4, -0.2) is 10.9 Å². The summed E-state index contributed by atoms with van der Waals surface area (Å²) < 4.78 is 0. The van der Waals surface area contributed by atoms with Crippen molar-refractivity contribution < 1.29 is 4.79 Å². The zero-order valence-corrected chi connectivity index (χ0v) is 13.2. The highest BCUT2D eigenvalue weighted by molar-refractivity contribution is 6.05. The second kappa shape index (κ2) is 6.83. The van der Waals surface area contributed by atoms with E-state index in [1.54, 1.807) is 13.0 Å². The number of aromatic nitrogens is 1. The molecule has 3 rings (SSSR count). The number of pyridine rings is 1. The van der Waals surface area contributed by atoms with Gasteiger partial charge in [-0.15, -0.1) is 0 Å². The van der Waals surface area contributed by atoms with Gasteiger partial charge in [0.1, 0.15) is 5.56 Å². The van der Waals surface area contributed by atoms with E-state index in [-0.39, 0.29) is 11.0 Å². The molecule has 3 aromatic rings. The summed E-state index contributed by atoms with van der Waals surface area (Å²) in [5, 5.41) is 6.04. The van der Waals surface area contributed by atoms with Crippen molar-refractivity contribution in [1.82, 2.24) is 4.98 Å². The number of anilines is 3. The van der Waals surface area contributed by atoms with E-state index in [0.717, 1.165) is 11.4 Å². The number of H-pyrrole nitrogens is 1. The summed E-state index contributed by atoms with van der Waals surface area (Å²) >= 11 is 0. The zero-order valence-electron chi connectivity index (χ0n) is 13.2. The fourth-order valence-electron chi connectivity index (χ4n) is 2.32. The summed E-state index contributed by atoms with van der Waals surface area (Å²) in [5.41, 5.74) is 2.74. The van der Waals surface area contributed by atoms with Gasteiger partial charge >= 0.3 is 0 Å². The van der Waals surface area contributed by atoms with E-state index in [1.807, 2.05) is 48.5 Å². The quantitative estimate of drug-likeness (QED) is 0.687. The fourth-order valence-corrected chi connectivity index (χ4v) is 2.32. The summed E-state index contributed by atoms with van der Waals surface area (Å²) in [7, 11) is 0. The number of rotatable bonds is 4. The Morgan fingerprint density at radius 1 is 0.958 bits per heavy atom. The van der Waals surface area contributed by atoms with Crippen LogP contribution in [0.4, 0.5) is 17.1 Å². The smallest absolute Gasteiger partial charge is 0.261 e. The van der Waals surface area contributed by atoms with E-state index in [0.29, 0.717) is 11.4 Å². The molecule has 1 amide bonds. The molecule has 5 nitrogen and oxygen atoms in total. The Hall–Kier alpha value is -3.34. The van der Waals surface area contributed by atoms with Crippen LogP contribution in [0.25, 0.3) is 0 Å². The number of carbonyl (C=O) groups excluding carboxylic acids is 1. The Balaban J connectivity index is 1.85. The Bertz CT molecular complexity index is 917. The molecule has 1 aromatic heterocycles. The van der Waals surface area contributed by atoms with Crippen molar-refractivity contribution in [2.24, 2.45) is 0 Å². The molecule has 0 atom stereocenters. The summed E-state index contributed by atoms with van der Waals surface area (Å²) in [6.07, 6.45) is 1.43. The van der Waals surface area contributed by atoms with Crippen molar-refractivity contribution in [3.05, 3.63) is 88.3 Å². The number of aromatic amines is 1. The Kier molecular flexibility index (Phi) is 4.43. The van der Waals surface area contributed by atoms with Crippen LogP contribution in [0.1, 0.15) is 16.1 Å². The van der Waals surface area contributed by atoms with E-state index in [9.17, 15) is 9.59 Å². The monoisotopic (exact) mass is 319 g/mol. The highest BCUT2D eigenvalue weighted by Gasteiger charge is 2.12. The first-order valence-corrected chi connectivity index (χ1v) is 7.55. The molecule has 0 aliphatic heterocycles. The molecule has 24 heavy (non-hydrogen) atoms. The standard InChI is InChI=1S/C19H17N3O2/c1-13-11-18(23)15(12-20-13)19(24)22-17-10-6-5-9-16(17)21-14-7-3-2-4-8-14/h2-12,21H,1H3,(H,20,23)(H,22,24). The minimum atomic E-state index is -0.446. The van der Waals surface area contributed by atoms with Crippen molar-refractivity contribution in [3.63, 3.8) is 0 Å². The predicted octanol–water partition coefficient (Wildman–Crippen LogP) is 3.68. The van der Waals surface area contributed by atoms with Gasteiger partial charge in [-0.05, 0) is 31.2 Å². The minimum Gasteiger partial charge on any atom is -0.364 e. The van der Waals surface area contributed by atoms with E-state index in [2.05, 4.69) is 15.6 Å². The van der Waals surface area contributed by atoms with Crippen LogP contribution in [0, 0.1) is 6.92 Å². The Morgan fingerprint density at radius 2 is 1.62 bits per heavy atom. The van der Waals surface area contributed by atoms with Crippen LogP contribution < -0.4 is 16.1 Å². The molecule has 0 radical (unpaired) electrons. The predicted molar refractivity (Wildman–Crippen MR) is 95.9 cm³/mol. The van der Waals surface area contributed by atoms with Gasteiger partial charge in [0.25, 0.3) is 5.91 Å². The van der Waals surface area contributed by atoms with E-state index in [4.69, 9.17) is 0 Å². The second-order valence-corrected chi connectivity index (χ2v) is 5.38. The molecule has 0 spiro atoms. The van der Waals surface area contributed by atoms with Crippen molar-refractivity contribution in [2.45, 2.75) is 6.92 Å². The van der Waals surface area contributed by atoms with Crippen LogP contribution >= 0.6 is 0 Å². The molecule has 0 fully saturated rings. The number of para-hydroxylation sites is 3. The summed E-state index contributed by atoms with van der Waals surface area (Å²) in [4.78, 5) is 27.2. The van der Waals surface area contributed by atoms with Crippen molar-refractivity contribution in [3.8, 4) is 0 Å². The molecular weight excluding hydrogens is 302 g/mol. The maximum atomic E-state index is 12.4. The normalized spacial score (nSPS) is 10.2. The van der Waals surface area contributed by atoms with Gasteiger partial charge in [-0.2, -0.15) is 0 Å². The Labute approximate surface area is 139 Å². The summed E-state index contributed by atoms with van der Waals surface area (Å²) in [6.45, 7) is 1.77. The van der Waals surface area contributed by atoms with Gasteiger partial charge < -0.3 is 15.6 Å². The zero-order chi connectivity index (χ0) is 16.9. The van der Waals surface area contributed by atoms with Gasteiger partial charge in [0.2, 0.25) is 0 Å². The van der Waals surface area contributed by atoms with Crippen LogP contribution in [0.5, 0.6) is 0 Å². The highest BCUT2D eigenvalue weighted by atomic mass is 16.2. The molecule has 120 valence electrons. The Morgan fingerprint density at radius 3 is 2.33 bits per heavy atom. The number of hydrogen-bond acceptors (Lipinski definition) is 3. The van der Waals surface area contributed by atoms with Gasteiger partial charge in [-0.1, -0.05) is 30.3 Å². The number of carbonyl (C=O) groups is 1. The van der Waals surface area contributed by atoms with Crippen LogP contribution in [-0.2, 0) is 0 Å². The summed E-state index contributed by atoms with van der Waals surface area (Å²) in [5.74, 6) is -0.446. The number of benzene rings is 2. The first-order valence-electron chi connectivity index (χ1n) is 7.55. The molecular formula is C19H17N3O2. The van der Waals surface area contributed by atoms with E-state index >= 15 is 0 Å². The maximum Gasteiger partial charge on any atom is 0.261 e. The van der Waals surface area contributed by atoms with Gasteiger partial charge in [0.05, 0.1) is 11.4 Å². The third-order valence-corrected chi connectivity index (χ3v) is 3.53. The van der Waals surface area contributed by atoms with Crippen LogP contribution in [0.3, 0.4) is 0 Å². The lowest BCUT2D eigenvalue weighted by Gasteiger charge is -2.13. The molecule has 1 heterocycles. The fraction of sp³-hybridized carbons (Fsp3) is 0.0526. The second-order valence-electron chi connectivity index (χ2n) is 5.38. The average molecular weight is 319 g/mol. The van der Waals surface area contributed by atoms with Crippen LogP contribution in [0.2, 0.25) is 0 Å². The average Bonchev–Trinajstić information content (AvgIpc) is 2.57. The van der Waals surface area contributed by atoms with E-state index in [1.165, 1.54) is 12.3 Å². The third-order valence-electron chi connectivity index (χ3n) is 3.53. The SMILES string of the molecule is Cc1cc(=O)c(C(=O)Nc2ccccc2Nc2ccccc2)c[nH]1. The molecule has 3 N–H and O–H groups in total. The summed E-state index contributed by atoms with van der Waals surface area (Å²) in [6, 6.07) is 18.4. The largest absolute Gasteiger partial charge is 0.364 e. The lowest BCUT2D eigenvalue weighted by atomic mass is 10.2. The maximum absolute atomic E-state index is 12.4. The first kappa shape index (κ1) is 15.6. The minimum absolute atomic E-state index is 0.0788. The highest BCUT2D eigenvalue weighted by Crippen LogP contribution is 2.25. The number of hydrogen-bond donors (Lipinski definition) is 3.